The molecule has 0 saturated carbocycles. The highest BCUT2D eigenvalue weighted by atomic mass is 14.6. The minimum absolute atomic E-state index is 0.113. The Kier molecular flexibility index (Phi) is 3.58. The number of nitriles is 1. The van der Waals surface area contributed by atoms with Crippen molar-refractivity contribution in [2.24, 2.45) is 5.92 Å². The zero-order valence-corrected chi connectivity index (χ0v) is 12.5. The predicted molar refractivity (Wildman–Crippen MR) is 80.0 cm³/mol. The molecule has 0 fully saturated rings. The van der Waals surface area contributed by atoms with Gasteiger partial charge in [0.05, 0.1) is 5.56 Å². The highest BCUT2D eigenvalue weighted by molar-refractivity contribution is 5.63. The number of rotatable bonds is 2. The summed E-state index contributed by atoms with van der Waals surface area (Å²) in [6.07, 6.45) is 3.43. The van der Waals surface area contributed by atoms with Crippen molar-refractivity contribution in [3.63, 3.8) is 0 Å². The van der Waals surface area contributed by atoms with Crippen molar-refractivity contribution >= 4 is 5.69 Å². The van der Waals surface area contributed by atoms with Crippen LogP contribution in [0.15, 0.2) is 12.1 Å². The molecule has 0 aromatic heterocycles. The lowest BCUT2D eigenvalue weighted by Crippen LogP contribution is -2.37. The molecule has 0 bridgehead atoms. The number of hydrogen-bond acceptors (Lipinski definition) is 2. The zero-order chi connectivity index (χ0) is 14.2. The molecule has 2 nitrogen and oxygen atoms in total. The molecule has 19 heavy (non-hydrogen) atoms. The second-order valence-corrected chi connectivity index (χ2v) is 6.21. The molecular formula is C17H24N2. The van der Waals surface area contributed by atoms with Gasteiger partial charge in [0, 0.05) is 5.69 Å². The Balaban J connectivity index is 2.80. The van der Waals surface area contributed by atoms with Crippen molar-refractivity contribution in [3.05, 3.63) is 28.8 Å². The Labute approximate surface area is 116 Å². The van der Waals surface area contributed by atoms with Crippen LogP contribution in [0.3, 0.4) is 0 Å². The molecule has 0 amide bonds. The van der Waals surface area contributed by atoms with Gasteiger partial charge in [-0.3, -0.25) is 0 Å². The normalized spacial score (nSPS) is 26.0. The molecule has 2 unspecified atom stereocenters. The van der Waals surface area contributed by atoms with Crippen molar-refractivity contribution in [2.75, 3.05) is 5.73 Å². The molecule has 102 valence electrons. The van der Waals surface area contributed by atoms with E-state index in [1.165, 1.54) is 17.5 Å². The SMILES string of the molecule is CCC1(C(C)C)CCC(C)c2ccc(N)c(C#N)c21. The zero-order valence-electron chi connectivity index (χ0n) is 12.5. The fourth-order valence-corrected chi connectivity index (χ4v) is 3.80. The molecule has 0 saturated heterocycles. The van der Waals surface area contributed by atoms with E-state index in [1.54, 1.807) is 0 Å². The van der Waals surface area contributed by atoms with Gasteiger partial charge in [-0.05, 0) is 53.7 Å². The lowest BCUT2D eigenvalue weighted by molar-refractivity contribution is 0.242. The second kappa shape index (κ2) is 4.89. The third-order valence-corrected chi connectivity index (χ3v) is 5.17. The number of hydrogen-bond donors (Lipinski definition) is 1. The molecular weight excluding hydrogens is 232 g/mol. The lowest BCUT2D eigenvalue weighted by atomic mass is 9.59. The first kappa shape index (κ1) is 13.9. The van der Waals surface area contributed by atoms with Crippen LogP contribution in [0.4, 0.5) is 5.69 Å². The summed E-state index contributed by atoms with van der Waals surface area (Å²) in [5.41, 5.74) is 10.1. The fourth-order valence-electron chi connectivity index (χ4n) is 3.80. The number of nitrogens with two attached hydrogens (primary N) is 1. The molecule has 1 aliphatic rings. The van der Waals surface area contributed by atoms with Crippen molar-refractivity contribution < 1.29 is 0 Å². The molecule has 0 radical (unpaired) electrons. The van der Waals surface area contributed by atoms with E-state index >= 15 is 0 Å². The second-order valence-electron chi connectivity index (χ2n) is 6.21. The van der Waals surface area contributed by atoms with Crippen molar-refractivity contribution in [2.45, 2.75) is 58.3 Å². The number of fused-ring (bicyclic) bond motifs is 1. The standard InChI is InChI=1S/C17H24N2/c1-5-17(11(2)3)9-8-12(4)13-6-7-15(19)14(10-18)16(13)17/h6-7,11-12H,5,8-9,19H2,1-4H3. The first-order valence-electron chi connectivity index (χ1n) is 7.30. The number of anilines is 1. The van der Waals surface area contributed by atoms with Gasteiger partial charge in [0.15, 0.2) is 0 Å². The Morgan fingerprint density at radius 3 is 2.68 bits per heavy atom. The first-order valence-corrected chi connectivity index (χ1v) is 7.30. The number of nitrogen functional groups attached to an aromatic ring is 1. The molecule has 2 atom stereocenters. The van der Waals surface area contributed by atoms with Gasteiger partial charge >= 0.3 is 0 Å². The van der Waals surface area contributed by atoms with Crippen LogP contribution in [0.25, 0.3) is 0 Å². The van der Waals surface area contributed by atoms with Crippen LogP contribution < -0.4 is 5.73 Å². The molecule has 0 spiro atoms. The molecule has 0 heterocycles. The van der Waals surface area contributed by atoms with E-state index in [0.717, 1.165) is 18.4 Å². The smallest absolute Gasteiger partial charge is 0.102 e. The minimum Gasteiger partial charge on any atom is -0.398 e. The Bertz CT molecular complexity index is 525. The molecule has 1 aromatic carbocycles. The van der Waals surface area contributed by atoms with Gasteiger partial charge in [0.1, 0.15) is 6.07 Å². The van der Waals surface area contributed by atoms with Gasteiger partial charge in [0.2, 0.25) is 0 Å². The van der Waals surface area contributed by atoms with Crippen LogP contribution >= 0.6 is 0 Å². The van der Waals surface area contributed by atoms with Crippen LogP contribution in [-0.2, 0) is 5.41 Å². The van der Waals surface area contributed by atoms with E-state index in [1.807, 2.05) is 6.07 Å². The minimum atomic E-state index is 0.113. The van der Waals surface area contributed by atoms with Gasteiger partial charge in [-0.2, -0.15) is 5.26 Å². The van der Waals surface area contributed by atoms with E-state index < -0.39 is 0 Å². The summed E-state index contributed by atoms with van der Waals surface area (Å²) in [6.45, 7) is 9.04. The Morgan fingerprint density at radius 2 is 2.16 bits per heavy atom. The van der Waals surface area contributed by atoms with E-state index in [0.29, 0.717) is 17.5 Å². The van der Waals surface area contributed by atoms with E-state index in [9.17, 15) is 5.26 Å². The quantitative estimate of drug-likeness (QED) is 0.800. The maximum Gasteiger partial charge on any atom is 0.102 e. The largest absolute Gasteiger partial charge is 0.398 e. The van der Waals surface area contributed by atoms with Crippen LogP contribution in [0.2, 0.25) is 0 Å². The van der Waals surface area contributed by atoms with Crippen LogP contribution in [0, 0.1) is 17.2 Å². The average Bonchev–Trinajstić information content (AvgIpc) is 2.39. The molecule has 1 aliphatic carbocycles. The molecule has 2 N–H and O–H groups in total. The van der Waals surface area contributed by atoms with E-state index in [-0.39, 0.29) is 5.41 Å². The van der Waals surface area contributed by atoms with Crippen molar-refractivity contribution in [3.8, 4) is 6.07 Å². The Hall–Kier alpha value is -1.49. The summed E-state index contributed by atoms with van der Waals surface area (Å²) in [5.74, 6) is 1.05. The highest BCUT2D eigenvalue weighted by Crippen LogP contribution is 2.51. The average molecular weight is 256 g/mol. The van der Waals surface area contributed by atoms with Gasteiger partial charge in [0.25, 0.3) is 0 Å². The van der Waals surface area contributed by atoms with Gasteiger partial charge in [-0.15, -0.1) is 0 Å². The summed E-state index contributed by atoms with van der Waals surface area (Å²) in [4.78, 5) is 0. The van der Waals surface area contributed by atoms with Crippen LogP contribution in [0.5, 0.6) is 0 Å². The monoisotopic (exact) mass is 256 g/mol. The highest BCUT2D eigenvalue weighted by Gasteiger charge is 2.41. The maximum absolute atomic E-state index is 9.54. The summed E-state index contributed by atoms with van der Waals surface area (Å²) in [5, 5.41) is 9.54. The Morgan fingerprint density at radius 1 is 1.47 bits per heavy atom. The fraction of sp³-hybridized carbons (Fsp3) is 0.588. The van der Waals surface area contributed by atoms with Crippen LogP contribution in [0.1, 0.15) is 69.6 Å². The summed E-state index contributed by atoms with van der Waals surface area (Å²) >= 11 is 0. The topological polar surface area (TPSA) is 49.8 Å². The van der Waals surface area contributed by atoms with Gasteiger partial charge in [-0.25, -0.2) is 0 Å². The van der Waals surface area contributed by atoms with Gasteiger partial charge in [-0.1, -0.05) is 33.8 Å². The maximum atomic E-state index is 9.54. The third-order valence-electron chi connectivity index (χ3n) is 5.17. The summed E-state index contributed by atoms with van der Waals surface area (Å²) in [7, 11) is 0. The molecule has 2 rings (SSSR count). The lowest BCUT2D eigenvalue weighted by Gasteiger charge is -2.45. The third kappa shape index (κ3) is 1.92. The number of nitrogens with zero attached hydrogens (tertiary/aromatic N) is 1. The van der Waals surface area contributed by atoms with Gasteiger partial charge < -0.3 is 5.73 Å². The summed E-state index contributed by atoms with van der Waals surface area (Å²) in [6, 6.07) is 6.41. The molecule has 2 heteroatoms. The number of benzene rings is 1. The van der Waals surface area contributed by atoms with E-state index in [2.05, 4.69) is 39.8 Å². The predicted octanol–water partition coefficient (Wildman–Crippen LogP) is 4.34. The molecule has 1 aromatic rings. The molecule has 0 aliphatic heterocycles. The van der Waals surface area contributed by atoms with Crippen molar-refractivity contribution in [1.82, 2.24) is 0 Å². The van der Waals surface area contributed by atoms with Crippen molar-refractivity contribution in [1.29, 1.82) is 5.26 Å². The van der Waals surface area contributed by atoms with Crippen LogP contribution in [-0.4, -0.2) is 0 Å². The summed E-state index contributed by atoms with van der Waals surface area (Å²) < 4.78 is 0. The first-order chi connectivity index (χ1) is 8.97. The van der Waals surface area contributed by atoms with E-state index in [4.69, 9.17) is 5.73 Å².